The highest BCUT2D eigenvalue weighted by molar-refractivity contribution is 5.15. The minimum atomic E-state index is 0.0646. The van der Waals surface area contributed by atoms with Gasteiger partial charge in [0.25, 0.3) is 0 Å². The molecule has 2 atom stereocenters. The van der Waals surface area contributed by atoms with Crippen LogP contribution in [0.1, 0.15) is 65.0 Å². The first-order valence-electron chi connectivity index (χ1n) is 8.11. The van der Waals surface area contributed by atoms with Crippen molar-refractivity contribution in [1.82, 2.24) is 9.88 Å². The molecule has 114 valence electrons. The van der Waals surface area contributed by atoms with Gasteiger partial charge in [-0.15, -0.1) is 0 Å². The van der Waals surface area contributed by atoms with E-state index in [9.17, 15) is 0 Å². The molecule has 0 aromatic carbocycles. The van der Waals surface area contributed by atoms with Crippen molar-refractivity contribution in [1.29, 1.82) is 0 Å². The van der Waals surface area contributed by atoms with Gasteiger partial charge in [0.05, 0.1) is 11.7 Å². The van der Waals surface area contributed by atoms with E-state index in [4.69, 9.17) is 4.74 Å². The maximum Gasteiger partial charge on any atom is 0.0762 e. The molecule has 1 aliphatic heterocycles. The van der Waals surface area contributed by atoms with Gasteiger partial charge in [-0.2, -0.15) is 0 Å². The molecule has 20 heavy (non-hydrogen) atoms. The van der Waals surface area contributed by atoms with Crippen molar-refractivity contribution < 1.29 is 4.74 Å². The number of rotatable bonds is 7. The second-order valence-electron chi connectivity index (χ2n) is 6.58. The van der Waals surface area contributed by atoms with Crippen LogP contribution < -0.4 is 5.32 Å². The molecule has 3 heteroatoms. The third-order valence-corrected chi connectivity index (χ3v) is 4.17. The van der Waals surface area contributed by atoms with Gasteiger partial charge in [0.15, 0.2) is 0 Å². The van der Waals surface area contributed by atoms with E-state index in [2.05, 4.69) is 56.0 Å². The molecular weight excluding hydrogens is 248 g/mol. The summed E-state index contributed by atoms with van der Waals surface area (Å²) in [6.07, 6.45) is 9.61. The van der Waals surface area contributed by atoms with Gasteiger partial charge in [-0.3, -0.25) is 0 Å². The first kappa shape index (κ1) is 15.6. The summed E-state index contributed by atoms with van der Waals surface area (Å²) in [6, 6.07) is 2.75. The van der Waals surface area contributed by atoms with Gasteiger partial charge in [0.1, 0.15) is 0 Å². The molecule has 0 radical (unpaired) electrons. The van der Waals surface area contributed by atoms with E-state index in [1.54, 1.807) is 0 Å². The van der Waals surface area contributed by atoms with E-state index in [1.807, 2.05) is 0 Å². The number of nitrogens with zero attached hydrogens (tertiary/aromatic N) is 1. The number of hydrogen-bond acceptors (Lipinski definition) is 2. The lowest BCUT2D eigenvalue weighted by molar-refractivity contribution is -0.0216. The molecule has 0 bridgehead atoms. The van der Waals surface area contributed by atoms with Crippen LogP contribution >= 0.6 is 0 Å². The Hall–Kier alpha value is -0.800. The molecule has 1 aromatic heterocycles. The average Bonchev–Trinajstić information content (AvgIpc) is 2.96. The largest absolute Gasteiger partial charge is 0.370 e. The normalized spacial score (nSPS) is 23.1. The van der Waals surface area contributed by atoms with Gasteiger partial charge in [-0.1, -0.05) is 20.3 Å². The van der Waals surface area contributed by atoms with Crippen LogP contribution in [0.4, 0.5) is 0 Å². The lowest BCUT2D eigenvalue weighted by atomic mass is 10.1. The van der Waals surface area contributed by atoms with Gasteiger partial charge in [0.2, 0.25) is 0 Å². The van der Waals surface area contributed by atoms with E-state index in [1.165, 1.54) is 31.2 Å². The molecule has 1 aromatic rings. The lowest BCUT2D eigenvalue weighted by Crippen LogP contribution is -2.23. The van der Waals surface area contributed by atoms with Crippen molar-refractivity contribution in [3.8, 4) is 0 Å². The van der Waals surface area contributed by atoms with Crippen molar-refractivity contribution in [2.24, 2.45) is 0 Å². The summed E-state index contributed by atoms with van der Waals surface area (Å²) in [7, 11) is 0. The monoisotopic (exact) mass is 278 g/mol. The quantitative estimate of drug-likeness (QED) is 0.818. The molecule has 2 heterocycles. The second kappa shape index (κ2) is 6.77. The second-order valence-corrected chi connectivity index (χ2v) is 6.58. The predicted octanol–water partition coefficient (Wildman–Crippen LogP) is 3.90. The van der Waals surface area contributed by atoms with Gasteiger partial charge >= 0.3 is 0 Å². The van der Waals surface area contributed by atoms with Crippen LogP contribution in [-0.4, -0.2) is 22.8 Å². The Balaban J connectivity index is 1.94. The van der Waals surface area contributed by atoms with E-state index in [0.29, 0.717) is 12.1 Å². The van der Waals surface area contributed by atoms with E-state index < -0.39 is 0 Å². The zero-order chi connectivity index (χ0) is 14.6. The van der Waals surface area contributed by atoms with Gasteiger partial charge in [0, 0.05) is 25.0 Å². The summed E-state index contributed by atoms with van der Waals surface area (Å²) in [5.74, 6) is 0. The highest BCUT2D eigenvalue weighted by Gasteiger charge is 2.31. The Morgan fingerprint density at radius 2 is 2.25 bits per heavy atom. The molecule has 0 amide bonds. The number of aromatic nitrogens is 1. The standard InChI is InChI=1S/C17H30N2O/c1-5-7-16(18-6-2)14-9-11-19(12-14)13-15-8-10-17(3,4)20-15/h9,11-12,15-16,18H,5-8,10,13H2,1-4H3. The van der Waals surface area contributed by atoms with Crippen LogP contribution in [0.5, 0.6) is 0 Å². The Labute approximate surface area is 123 Å². The average molecular weight is 278 g/mol. The predicted molar refractivity (Wildman–Crippen MR) is 83.9 cm³/mol. The SMILES string of the molecule is CCCC(NCC)c1ccn(CC2CCC(C)(C)O2)c1. The smallest absolute Gasteiger partial charge is 0.0762 e. The van der Waals surface area contributed by atoms with Crippen molar-refractivity contribution >= 4 is 0 Å². The maximum atomic E-state index is 6.08. The molecule has 2 rings (SSSR count). The van der Waals surface area contributed by atoms with Crippen LogP contribution in [0.25, 0.3) is 0 Å². The number of nitrogens with one attached hydrogen (secondary N) is 1. The maximum absolute atomic E-state index is 6.08. The fourth-order valence-electron chi connectivity index (χ4n) is 3.14. The summed E-state index contributed by atoms with van der Waals surface area (Å²) < 4.78 is 8.37. The third-order valence-electron chi connectivity index (χ3n) is 4.17. The zero-order valence-electron chi connectivity index (χ0n) is 13.5. The van der Waals surface area contributed by atoms with Gasteiger partial charge in [-0.05, 0) is 51.3 Å². The lowest BCUT2D eigenvalue weighted by Gasteiger charge is -2.19. The van der Waals surface area contributed by atoms with Gasteiger partial charge in [-0.25, -0.2) is 0 Å². The molecule has 1 aliphatic rings. The third kappa shape index (κ3) is 4.10. The minimum Gasteiger partial charge on any atom is -0.370 e. The Morgan fingerprint density at radius 3 is 2.85 bits per heavy atom. The number of ether oxygens (including phenoxy) is 1. The molecule has 0 aliphatic carbocycles. The molecule has 0 spiro atoms. The summed E-state index contributed by atoms with van der Waals surface area (Å²) in [5, 5.41) is 3.58. The molecule has 1 saturated heterocycles. The molecule has 3 nitrogen and oxygen atoms in total. The van der Waals surface area contributed by atoms with Crippen molar-refractivity contribution in [3.05, 3.63) is 24.0 Å². The van der Waals surface area contributed by atoms with E-state index in [-0.39, 0.29) is 5.60 Å². The Bertz CT molecular complexity index is 405. The van der Waals surface area contributed by atoms with Crippen molar-refractivity contribution in [2.75, 3.05) is 6.54 Å². The van der Waals surface area contributed by atoms with Crippen molar-refractivity contribution in [2.45, 2.75) is 77.7 Å². The van der Waals surface area contributed by atoms with Crippen molar-refractivity contribution in [3.63, 3.8) is 0 Å². The fraction of sp³-hybridized carbons (Fsp3) is 0.765. The summed E-state index contributed by atoms with van der Waals surface area (Å²) >= 11 is 0. The minimum absolute atomic E-state index is 0.0646. The summed E-state index contributed by atoms with van der Waals surface area (Å²) in [5.41, 5.74) is 1.47. The summed E-state index contributed by atoms with van der Waals surface area (Å²) in [6.45, 7) is 10.8. The zero-order valence-corrected chi connectivity index (χ0v) is 13.5. The molecule has 1 fully saturated rings. The topological polar surface area (TPSA) is 26.2 Å². The Morgan fingerprint density at radius 1 is 1.45 bits per heavy atom. The first-order valence-corrected chi connectivity index (χ1v) is 8.11. The van der Waals surface area contributed by atoms with Gasteiger partial charge < -0.3 is 14.6 Å². The van der Waals surface area contributed by atoms with Crippen LogP contribution in [-0.2, 0) is 11.3 Å². The first-order chi connectivity index (χ1) is 9.54. The van der Waals surface area contributed by atoms with E-state index in [0.717, 1.165) is 13.1 Å². The summed E-state index contributed by atoms with van der Waals surface area (Å²) in [4.78, 5) is 0. The number of hydrogen-bond donors (Lipinski definition) is 1. The molecule has 2 unspecified atom stereocenters. The Kier molecular flexibility index (Phi) is 5.28. The molecular formula is C17H30N2O. The van der Waals surface area contributed by atoms with Crippen LogP contribution in [0.2, 0.25) is 0 Å². The van der Waals surface area contributed by atoms with Crippen LogP contribution in [0, 0.1) is 0 Å². The molecule has 0 saturated carbocycles. The highest BCUT2D eigenvalue weighted by Crippen LogP contribution is 2.30. The van der Waals surface area contributed by atoms with Crippen LogP contribution in [0.15, 0.2) is 18.5 Å². The van der Waals surface area contributed by atoms with E-state index >= 15 is 0 Å². The highest BCUT2D eigenvalue weighted by atomic mass is 16.5. The fourth-order valence-corrected chi connectivity index (χ4v) is 3.14. The molecule has 1 N–H and O–H groups in total. The van der Waals surface area contributed by atoms with Crippen LogP contribution in [0.3, 0.4) is 0 Å².